The standard InChI is InChI=1S/C14H17BrN2O/c1-9(2)14(5-6-16-8-14)13-17-11-7-10(15)3-4-12(11)18-13/h3-4,7,9,16H,5-6,8H2,1-2H3. The van der Waals surface area contributed by atoms with Gasteiger partial charge in [-0.05, 0) is 37.1 Å². The van der Waals surface area contributed by atoms with Gasteiger partial charge in [0.15, 0.2) is 5.58 Å². The Kier molecular flexibility index (Phi) is 2.94. The molecule has 0 amide bonds. The molecule has 2 aromatic rings. The van der Waals surface area contributed by atoms with Gasteiger partial charge in [-0.2, -0.15) is 0 Å². The van der Waals surface area contributed by atoms with Gasteiger partial charge in [0.1, 0.15) is 5.52 Å². The maximum Gasteiger partial charge on any atom is 0.203 e. The second kappa shape index (κ2) is 4.35. The number of nitrogens with zero attached hydrogens (tertiary/aromatic N) is 1. The fourth-order valence-electron chi connectivity index (χ4n) is 2.75. The minimum absolute atomic E-state index is 0.0471. The van der Waals surface area contributed by atoms with E-state index in [2.05, 4.69) is 35.1 Å². The number of aromatic nitrogens is 1. The summed E-state index contributed by atoms with van der Waals surface area (Å²) in [7, 11) is 0. The van der Waals surface area contributed by atoms with Gasteiger partial charge in [-0.15, -0.1) is 0 Å². The second-order valence-electron chi connectivity index (χ2n) is 5.37. The van der Waals surface area contributed by atoms with Crippen molar-refractivity contribution in [3.63, 3.8) is 0 Å². The van der Waals surface area contributed by atoms with Crippen LogP contribution in [-0.4, -0.2) is 18.1 Å². The van der Waals surface area contributed by atoms with E-state index in [1.807, 2.05) is 18.2 Å². The van der Waals surface area contributed by atoms with Gasteiger partial charge in [0.25, 0.3) is 0 Å². The zero-order valence-corrected chi connectivity index (χ0v) is 12.3. The Morgan fingerprint density at radius 2 is 2.28 bits per heavy atom. The molecule has 1 unspecified atom stereocenters. The van der Waals surface area contributed by atoms with E-state index >= 15 is 0 Å². The highest BCUT2D eigenvalue weighted by Crippen LogP contribution is 2.38. The van der Waals surface area contributed by atoms with Gasteiger partial charge in [-0.1, -0.05) is 29.8 Å². The predicted molar refractivity (Wildman–Crippen MR) is 75.7 cm³/mol. The molecule has 0 aliphatic carbocycles. The molecular weight excluding hydrogens is 292 g/mol. The normalized spacial score (nSPS) is 24.2. The highest BCUT2D eigenvalue weighted by Gasteiger charge is 2.42. The Labute approximate surface area is 115 Å². The predicted octanol–water partition coefficient (Wildman–Crippen LogP) is 3.48. The molecule has 1 fully saturated rings. The highest BCUT2D eigenvalue weighted by molar-refractivity contribution is 9.10. The third-order valence-corrected chi connectivity index (χ3v) is 4.56. The van der Waals surface area contributed by atoms with Crippen LogP contribution in [0.3, 0.4) is 0 Å². The van der Waals surface area contributed by atoms with Crippen molar-refractivity contribution in [1.82, 2.24) is 10.3 Å². The number of fused-ring (bicyclic) bond motifs is 1. The molecule has 1 aliphatic heterocycles. The van der Waals surface area contributed by atoms with Crippen LogP contribution in [0, 0.1) is 5.92 Å². The van der Waals surface area contributed by atoms with Gasteiger partial charge >= 0.3 is 0 Å². The number of benzene rings is 1. The molecule has 1 aliphatic rings. The van der Waals surface area contributed by atoms with Crippen molar-refractivity contribution in [3.8, 4) is 0 Å². The van der Waals surface area contributed by atoms with Crippen LogP contribution in [0.15, 0.2) is 27.1 Å². The van der Waals surface area contributed by atoms with Crippen molar-refractivity contribution in [3.05, 3.63) is 28.6 Å². The molecule has 18 heavy (non-hydrogen) atoms. The zero-order valence-electron chi connectivity index (χ0n) is 10.7. The fraction of sp³-hybridized carbons (Fsp3) is 0.500. The van der Waals surface area contributed by atoms with Crippen molar-refractivity contribution in [2.24, 2.45) is 5.92 Å². The van der Waals surface area contributed by atoms with Crippen LogP contribution < -0.4 is 5.32 Å². The maximum atomic E-state index is 6.00. The van der Waals surface area contributed by atoms with E-state index in [-0.39, 0.29) is 5.41 Å². The minimum atomic E-state index is 0.0471. The summed E-state index contributed by atoms with van der Waals surface area (Å²) in [5, 5.41) is 3.44. The van der Waals surface area contributed by atoms with E-state index in [0.29, 0.717) is 5.92 Å². The first-order chi connectivity index (χ1) is 8.62. The van der Waals surface area contributed by atoms with Crippen LogP contribution in [-0.2, 0) is 5.41 Å². The van der Waals surface area contributed by atoms with Crippen LogP contribution in [0.25, 0.3) is 11.1 Å². The Hall–Kier alpha value is -0.870. The summed E-state index contributed by atoms with van der Waals surface area (Å²) in [5.41, 5.74) is 1.86. The first kappa shape index (κ1) is 12.2. The maximum absolute atomic E-state index is 6.00. The van der Waals surface area contributed by atoms with Crippen molar-refractivity contribution in [2.75, 3.05) is 13.1 Å². The molecule has 1 atom stereocenters. The van der Waals surface area contributed by atoms with Gasteiger partial charge in [-0.3, -0.25) is 0 Å². The number of halogens is 1. The van der Waals surface area contributed by atoms with Crippen molar-refractivity contribution in [1.29, 1.82) is 0 Å². The minimum Gasteiger partial charge on any atom is -0.440 e. The number of rotatable bonds is 2. The van der Waals surface area contributed by atoms with Gasteiger partial charge in [0, 0.05) is 11.0 Å². The molecule has 1 saturated heterocycles. The monoisotopic (exact) mass is 308 g/mol. The zero-order chi connectivity index (χ0) is 12.8. The second-order valence-corrected chi connectivity index (χ2v) is 6.28. The van der Waals surface area contributed by atoms with Crippen molar-refractivity contribution in [2.45, 2.75) is 25.7 Å². The van der Waals surface area contributed by atoms with Crippen LogP contribution >= 0.6 is 15.9 Å². The Morgan fingerprint density at radius 1 is 1.44 bits per heavy atom. The molecule has 1 aromatic heterocycles. The lowest BCUT2D eigenvalue weighted by atomic mass is 9.76. The van der Waals surface area contributed by atoms with E-state index in [9.17, 15) is 0 Å². The lowest BCUT2D eigenvalue weighted by molar-refractivity contribution is 0.269. The number of nitrogens with one attached hydrogen (secondary N) is 1. The molecule has 3 nitrogen and oxygen atoms in total. The van der Waals surface area contributed by atoms with E-state index in [1.165, 1.54) is 0 Å². The molecule has 0 spiro atoms. The average molecular weight is 309 g/mol. The Morgan fingerprint density at radius 3 is 2.94 bits per heavy atom. The van der Waals surface area contributed by atoms with Gasteiger partial charge < -0.3 is 9.73 Å². The molecule has 1 N–H and O–H groups in total. The van der Waals surface area contributed by atoms with Crippen LogP contribution in [0.4, 0.5) is 0 Å². The lowest BCUT2D eigenvalue weighted by Crippen LogP contribution is -2.35. The molecule has 96 valence electrons. The topological polar surface area (TPSA) is 38.1 Å². The third-order valence-electron chi connectivity index (χ3n) is 4.07. The van der Waals surface area contributed by atoms with Crippen LogP contribution in [0.5, 0.6) is 0 Å². The summed E-state index contributed by atoms with van der Waals surface area (Å²) in [6, 6.07) is 5.98. The lowest BCUT2D eigenvalue weighted by Gasteiger charge is -2.28. The van der Waals surface area contributed by atoms with Crippen molar-refractivity contribution >= 4 is 27.0 Å². The van der Waals surface area contributed by atoms with Gasteiger partial charge in [-0.25, -0.2) is 4.98 Å². The Balaban J connectivity index is 2.12. The summed E-state index contributed by atoms with van der Waals surface area (Å²) in [6.07, 6.45) is 1.10. The average Bonchev–Trinajstić information content (AvgIpc) is 2.94. The van der Waals surface area contributed by atoms with E-state index in [4.69, 9.17) is 9.40 Å². The molecular formula is C14H17BrN2O. The largest absolute Gasteiger partial charge is 0.440 e. The summed E-state index contributed by atoms with van der Waals surface area (Å²) >= 11 is 3.47. The first-order valence-electron chi connectivity index (χ1n) is 6.39. The smallest absolute Gasteiger partial charge is 0.203 e. The summed E-state index contributed by atoms with van der Waals surface area (Å²) in [5.74, 6) is 1.40. The summed E-state index contributed by atoms with van der Waals surface area (Å²) in [4.78, 5) is 4.71. The molecule has 1 aromatic carbocycles. The van der Waals surface area contributed by atoms with Gasteiger partial charge in [0.2, 0.25) is 5.89 Å². The highest BCUT2D eigenvalue weighted by atomic mass is 79.9. The summed E-state index contributed by atoms with van der Waals surface area (Å²) in [6.45, 7) is 6.49. The molecule has 2 heterocycles. The number of hydrogen-bond donors (Lipinski definition) is 1. The quantitative estimate of drug-likeness (QED) is 0.923. The van der Waals surface area contributed by atoms with E-state index in [1.54, 1.807) is 0 Å². The Bertz CT molecular complexity index is 570. The molecule has 0 radical (unpaired) electrons. The van der Waals surface area contributed by atoms with Crippen LogP contribution in [0.1, 0.15) is 26.2 Å². The molecule has 0 saturated carbocycles. The van der Waals surface area contributed by atoms with E-state index < -0.39 is 0 Å². The fourth-order valence-corrected chi connectivity index (χ4v) is 3.10. The van der Waals surface area contributed by atoms with Gasteiger partial charge in [0.05, 0.1) is 5.41 Å². The van der Waals surface area contributed by atoms with E-state index in [0.717, 1.165) is 41.0 Å². The summed E-state index contributed by atoms with van der Waals surface area (Å²) < 4.78 is 7.04. The SMILES string of the molecule is CC(C)C1(c2nc3cc(Br)ccc3o2)CCNC1. The number of oxazole rings is 1. The van der Waals surface area contributed by atoms with Crippen LogP contribution in [0.2, 0.25) is 0 Å². The molecule has 3 rings (SSSR count). The molecule has 4 heteroatoms. The first-order valence-corrected chi connectivity index (χ1v) is 7.18. The van der Waals surface area contributed by atoms with Crippen molar-refractivity contribution < 1.29 is 4.42 Å². The molecule has 0 bridgehead atoms. The number of hydrogen-bond acceptors (Lipinski definition) is 3. The third kappa shape index (κ3) is 1.79.